The fraction of sp³-hybridized carbons (Fsp3) is 0.700. The number of nitrogens with one attached hydrogen (secondary N) is 2. The first-order chi connectivity index (χ1) is 7.68. The van der Waals surface area contributed by atoms with Crippen molar-refractivity contribution in [2.24, 2.45) is 0 Å². The van der Waals surface area contributed by atoms with E-state index in [-0.39, 0.29) is 9.08 Å². The van der Waals surface area contributed by atoms with E-state index in [1.807, 2.05) is 20.8 Å². The van der Waals surface area contributed by atoms with E-state index < -0.39 is 15.6 Å². The maximum absolute atomic E-state index is 12.1. The summed E-state index contributed by atoms with van der Waals surface area (Å²) >= 11 is 0.719. The van der Waals surface area contributed by atoms with E-state index in [1.54, 1.807) is 6.92 Å². The third-order valence-corrected chi connectivity index (χ3v) is 5.61. The van der Waals surface area contributed by atoms with E-state index in [1.165, 1.54) is 0 Å². The van der Waals surface area contributed by atoms with Gasteiger partial charge in [0.1, 0.15) is 0 Å². The molecule has 5 nitrogen and oxygen atoms in total. The van der Waals surface area contributed by atoms with Crippen LogP contribution in [-0.2, 0) is 10.0 Å². The molecule has 0 aromatic carbocycles. The topological polar surface area (TPSA) is 79.0 Å². The summed E-state index contributed by atoms with van der Waals surface area (Å²) in [7, 11) is -3.61. The molecule has 0 saturated heterocycles. The molecule has 7 heteroatoms. The Hall–Kier alpha value is -0.660. The first-order valence-electron chi connectivity index (χ1n) is 5.41. The Bertz CT molecular complexity index is 540. The molecule has 0 aliphatic carbocycles. The molecule has 98 valence electrons. The lowest BCUT2D eigenvalue weighted by Crippen LogP contribution is -2.43. The second kappa shape index (κ2) is 4.91. The maximum atomic E-state index is 12.1. The van der Waals surface area contributed by atoms with E-state index >= 15 is 0 Å². The average Bonchev–Trinajstić information content (AvgIpc) is 2.43. The SMILES string of the molecule is CCCC(C)(C)NS(=O)(=O)c1sc(=O)[nH]c1C. The number of hydrogen-bond acceptors (Lipinski definition) is 4. The van der Waals surface area contributed by atoms with Gasteiger partial charge in [-0.25, -0.2) is 13.1 Å². The molecule has 0 aliphatic rings. The zero-order chi connectivity index (χ0) is 13.3. The number of aromatic nitrogens is 1. The molecule has 1 aromatic rings. The van der Waals surface area contributed by atoms with Gasteiger partial charge < -0.3 is 4.98 Å². The molecule has 0 fully saturated rings. The molecular weight excluding hydrogens is 260 g/mol. The first kappa shape index (κ1) is 14.4. The van der Waals surface area contributed by atoms with Gasteiger partial charge in [0, 0.05) is 11.2 Å². The summed E-state index contributed by atoms with van der Waals surface area (Å²) in [5, 5.41) is 0. The van der Waals surface area contributed by atoms with E-state index in [4.69, 9.17) is 0 Å². The molecule has 0 aliphatic heterocycles. The fourth-order valence-electron chi connectivity index (χ4n) is 1.73. The Balaban J connectivity index is 3.05. The second-order valence-electron chi connectivity index (χ2n) is 4.67. The van der Waals surface area contributed by atoms with Gasteiger partial charge >= 0.3 is 4.87 Å². The van der Waals surface area contributed by atoms with Crippen LogP contribution in [0.2, 0.25) is 0 Å². The molecule has 0 unspecified atom stereocenters. The van der Waals surface area contributed by atoms with Crippen LogP contribution >= 0.6 is 11.3 Å². The lowest BCUT2D eigenvalue weighted by atomic mass is 10.0. The number of rotatable bonds is 5. The third kappa shape index (κ3) is 3.65. The Morgan fingerprint density at radius 3 is 2.41 bits per heavy atom. The highest BCUT2D eigenvalue weighted by Gasteiger charge is 2.28. The van der Waals surface area contributed by atoms with Crippen molar-refractivity contribution in [2.75, 3.05) is 0 Å². The van der Waals surface area contributed by atoms with Crippen molar-refractivity contribution >= 4 is 21.4 Å². The molecule has 2 N–H and O–H groups in total. The molecule has 0 amide bonds. The van der Waals surface area contributed by atoms with E-state index in [9.17, 15) is 13.2 Å². The Morgan fingerprint density at radius 2 is 2.00 bits per heavy atom. The number of aromatic amines is 1. The van der Waals surface area contributed by atoms with E-state index in [2.05, 4.69) is 9.71 Å². The normalized spacial score (nSPS) is 12.9. The van der Waals surface area contributed by atoms with Gasteiger partial charge in [-0.2, -0.15) is 0 Å². The zero-order valence-corrected chi connectivity index (χ0v) is 12.1. The number of H-pyrrole nitrogens is 1. The Morgan fingerprint density at radius 1 is 1.41 bits per heavy atom. The van der Waals surface area contributed by atoms with Crippen molar-refractivity contribution in [3.8, 4) is 0 Å². The molecule has 0 spiro atoms. The van der Waals surface area contributed by atoms with Gasteiger partial charge in [0.2, 0.25) is 0 Å². The van der Waals surface area contributed by atoms with Gasteiger partial charge in [-0.1, -0.05) is 24.7 Å². The third-order valence-electron chi connectivity index (χ3n) is 2.31. The van der Waals surface area contributed by atoms with Crippen molar-refractivity contribution in [1.29, 1.82) is 0 Å². The Labute approximate surface area is 105 Å². The standard InChI is InChI=1S/C10H18N2O3S2/c1-5-6-10(3,4)12-17(14,15)8-7(2)11-9(13)16-8/h12H,5-6H2,1-4H3,(H,11,13). The van der Waals surface area contributed by atoms with Crippen LogP contribution in [0.25, 0.3) is 0 Å². The highest BCUT2D eigenvalue weighted by Crippen LogP contribution is 2.20. The number of sulfonamides is 1. The smallest absolute Gasteiger partial charge is 0.305 e. The van der Waals surface area contributed by atoms with Crippen LogP contribution in [0.5, 0.6) is 0 Å². The molecular formula is C10H18N2O3S2. The molecule has 0 bridgehead atoms. The van der Waals surface area contributed by atoms with Crippen molar-refractivity contribution in [3.05, 3.63) is 15.4 Å². The van der Waals surface area contributed by atoms with Gasteiger partial charge in [-0.3, -0.25) is 4.79 Å². The molecule has 0 radical (unpaired) electrons. The monoisotopic (exact) mass is 278 g/mol. The summed E-state index contributed by atoms with van der Waals surface area (Å²) in [4.78, 5) is 13.2. The molecule has 0 atom stereocenters. The van der Waals surface area contributed by atoms with Gasteiger partial charge in [0.25, 0.3) is 10.0 Å². The van der Waals surface area contributed by atoms with Gasteiger partial charge in [0.15, 0.2) is 4.21 Å². The number of aryl methyl sites for hydroxylation is 1. The van der Waals surface area contributed by atoms with Crippen LogP contribution < -0.4 is 9.60 Å². The highest BCUT2D eigenvalue weighted by atomic mass is 32.2. The van der Waals surface area contributed by atoms with Crippen LogP contribution in [0.3, 0.4) is 0 Å². The number of thiazole rings is 1. The van der Waals surface area contributed by atoms with E-state index in [0.717, 1.165) is 24.2 Å². The van der Waals surface area contributed by atoms with Crippen LogP contribution in [0, 0.1) is 6.92 Å². The minimum Gasteiger partial charge on any atom is -0.315 e. The molecule has 1 rings (SSSR count). The van der Waals surface area contributed by atoms with Crippen molar-refractivity contribution < 1.29 is 8.42 Å². The maximum Gasteiger partial charge on any atom is 0.305 e. The van der Waals surface area contributed by atoms with Crippen LogP contribution in [0.4, 0.5) is 0 Å². The molecule has 1 aromatic heterocycles. The Kier molecular flexibility index (Phi) is 4.16. The predicted molar refractivity (Wildman–Crippen MR) is 69.0 cm³/mol. The minimum absolute atomic E-state index is 0.0756. The summed E-state index contributed by atoms with van der Waals surface area (Å²) in [6, 6.07) is 0. The van der Waals surface area contributed by atoms with Crippen LogP contribution in [-0.4, -0.2) is 18.9 Å². The average molecular weight is 278 g/mol. The van der Waals surface area contributed by atoms with Crippen molar-refractivity contribution in [3.63, 3.8) is 0 Å². The van der Waals surface area contributed by atoms with Gasteiger partial charge in [-0.15, -0.1) is 0 Å². The lowest BCUT2D eigenvalue weighted by Gasteiger charge is -2.24. The fourth-order valence-corrected chi connectivity index (χ4v) is 4.48. The quantitative estimate of drug-likeness (QED) is 0.858. The summed E-state index contributed by atoms with van der Waals surface area (Å²) in [6.45, 7) is 7.24. The predicted octanol–water partition coefficient (Wildman–Crippen LogP) is 1.60. The van der Waals surface area contributed by atoms with Gasteiger partial charge in [0.05, 0.1) is 0 Å². The number of hydrogen-bond donors (Lipinski definition) is 2. The summed E-state index contributed by atoms with van der Waals surface area (Å²) in [6.07, 6.45) is 1.63. The highest BCUT2D eigenvalue weighted by molar-refractivity contribution is 7.91. The van der Waals surface area contributed by atoms with Crippen LogP contribution in [0.15, 0.2) is 9.00 Å². The minimum atomic E-state index is -3.61. The largest absolute Gasteiger partial charge is 0.315 e. The summed E-state index contributed by atoms with van der Waals surface area (Å²) < 4.78 is 26.9. The van der Waals surface area contributed by atoms with Crippen molar-refractivity contribution in [2.45, 2.75) is 50.3 Å². The first-order valence-corrected chi connectivity index (χ1v) is 7.71. The summed E-state index contributed by atoms with van der Waals surface area (Å²) in [5.41, 5.74) is -0.118. The summed E-state index contributed by atoms with van der Waals surface area (Å²) in [5.74, 6) is 0. The zero-order valence-electron chi connectivity index (χ0n) is 10.5. The van der Waals surface area contributed by atoms with Gasteiger partial charge in [-0.05, 0) is 27.2 Å². The lowest BCUT2D eigenvalue weighted by molar-refractivity contribution is 0.418. The van der Waals surface area contributed by atoms with Crippen LogP contribution in [0.1, 0.15) is 39.3 Å². The molecule has 1 heterocycles. The van der Waals surface area contributed by atoms with E-state index in [0.29, 0.717) is 5.69 Å². The molecule has 17 heavy (non-hydrogen) atoms. The van der Waals surface area contributed by atoms with Crippen molar-refractivity contribution in [1.82, 2.24) is 9.71 Å². The second-order valence-corrected chi connectivity index (χ2v) is 7.53. The molecule has 0 saturated carbocycles.